The number of piperidine rings is 1. The number of rotatable bonds is 5. The summed E-state index contributed by atoms with van der Waals surface area (Å²) in [6.07, 6.45) is 6.93. The lowest BCUT2D eigenvalue weighted by Gasteiger charge is -2.48. The lowest BCUT2D eigenvalue weighted by molar-refractivity contribution is -0.0350. The SMILES string of the molecule is CC1CC(C)CN(S(=O)(=O)NCC2(N3CCOCC3)CCCCC2)C1. The highest BCUT2D eigenvalue weighted by molar-refractivity contribution is 7.87. The van der Waals surface area contributed by atoms with Crippen LogP contribution in [0, 0.1) is 11.8 Å². The third-order valence-corrected chi connectivity index (χ3v) is 7.71. The van der Waals surface area contributed by atoms with Gasteiger partial charge in [0.15, 0.2) is 0 Å². The molecule has 3 fully saturated rings. The van der Waals surface area contributed by atoms with Gasteiger partial charge in [-0.15, -0.1) is 0 Å². The molecule has 1 saturated carbocycles. The van der Waals surface area contributed by atoms with Gasteiger partial charge in [0.25, 0.3) is 10.2 Å². The van der Waals surface area contributed by atoms with Crippen molar-refractivity contribution < 1.29 is 13.2 Å². The van der Waals surface area contributed by atoms with Crippen molar-refractivity contribution in [2.75, 3.05) is 45.9 Å². The first-order chi connectivity index (χ1) is 11.9. The Morgan fingerprint density at radius 3 is 2.24 bits per heavy atom. The molecule has 7 heteroatoms. The summed E-state index contributed by atoms with van der Waals surface area (Å²) in [6.45, 7) is 9.47. The van der Waals surface area contributed by atoms with E-state index in [2.05, 4.69) is 23.5 Å². The van der Waals surface area contributed by atoms with Gasteiger partial charge in [-0.05, 0) is 31.1 Å². The van der Waals surface area contributed by atoms with E-state index in [4.69, 9.17) is 4.74 Å². The molecular weight excluding hydrogens is 338 g/mol. The summed E-state index contributed by atoms with van der Waals surface area (Å²) >= 11 is 0. The van der Waals surface area contributed by atoms with Gasteiger partial charge in [-0.2, -0.15) is 12.7 Å². The quantitative estimate of drug-likeness (QED) is 0.799. The highest BCUT2D eigenvalue weighted by Crippen LogP contribution is 2.34. The molecule has 3 rings (SSSR count). The van der Waals surface area contributed by atoms with Crippen LogP contribution in [-0.4, -0.2) is 69.1 Å². The van der Waals surface area contributed by atoms with E-state index in [-0.39, 0.29) is 5.54 Å². The van der Waals surface area contributed by atoms with Gasteiger partial charge in [0.1, 0.15) is 0 Å². The molecule has 0 aromatic rings. The van der Waals surface area contributed by atoms with Crippen molar-refractivity contribution >= 4 is 10.2 Å². The van der Waals surface area contributed by atoms with Crippen LogP contribution in [-0.2, 0) is 14.9 Å². The molecule has 3 aliphatic rings. The lowest BCUT2D eigenvalue weighted by atomic mass is 9.80. The molecule has 6 nitrogen and oxygen atoms in total. The van der Waals surface area contributed by atoms with E-state index in [1.807, 2.05) is 0 Å². The van der Waals surface area contributed by atoms with Crippen LogP contribution in [0.4, 0.5) is 0 Å². The van der Waals surface area contributed by atoms with Crippen molar-refractivity contribution in [3.8, 4) is 0 Å². The lowest BCUT2D eigenvalue weighted by Crippen LogP contribution is -2.61. The Kier molecular flexibility index (Phi) is 6.42. The summed E-state index contributed by atoms with van der Waals surface area (Å²) in [5.41, 5.74) is -0.0257. The molecule has 0 amide bonds. The second-order valence-corrected chi connectivity index (χ2v) is 10.2. The zero-order valence-corrected chi connectivity index (χ0v) is 16.7. The third kappa shape index (κ3) is 4.75. The predicted molar refractivity (Wildman–Crippen MR) is 99.6 cm³/mol. The largest absolute Gasteiger partial charge is 0.379 e. The zero-order valence-electron chi connectivity index (χ0n) is 15.9. The number of morpholine rings is 1. The second-order valence-electron chi connectivity index (χ2n) is 8.47. The van der Waals surface area contributed by atoms with Gasteiger partial charge < -0.3 is 4.74 Å². The molecule has 0 aromatic carbocycles. The Hall–Kier alpha value is -0.210. The van der Waals surface area contributed by atoms with Crippen LogP contribution in [0.5, 0.6) is 0 Å². The summed E-state index contributed by atoms with van der Waals surface area (Å²) in [6, 6.07) is 0. The fraction of sp³-hybridized carbons (Fsp3) is 1.00. The highest BCUT2D eigenvalue weighted by Gasteiger charge is 2.40. The van der Waals surface area contributed by atoms with E-state index in [1.165, 1.54) is 19.3 Å². The van der Waals surface area contributed by atoms with Crippen LogP contribution >= 0.6 is 0 Å². The number of nitrogens with one attached hydrogen (secondary N) is 1. The van der Waals surface area contributed by atoms with Crippen LogP contribution in [0.1, 0.15) is 52.4 Å². The molecule has 2 saturated heterocycles. The maximum Gasteiger partial charge on any atom is 0.279 e. The molecule has 0 bridgehead atoms. The molecule has 2 atom stereocenters. The van der Waals surface area contributed by atoms with E-state index < -0.39 is 10.2 Å². The Labute approximate surface area is 153 Å². The van der Waals surface area contributed by atoms with E-state index in [9.17, 15) is 8.42 Å². The van der Waals surface area contributed by atoms with Crippen molar-refractivity contribution in [3.05, 3.63) is 0 Å². The summed E-state index contributed by atoms with van der Waals surface area (Å²) in [4.78, 5) is 2.49. The summed E-state index contributed by atoms with van der Waals surface area (Å²) in [5.74, 6) is 0.867. The number of hydrogen-bond donors (Lipinski definition) is 1. The van der Waals surface area contributed by atoms with Crippen LogP contribution in [0.3, 0.4) is 0 Å². The molecular formula is C18H35N3O3S. The van der Waals surface area contributed by atoms with Crippen molar-refractivity contribution in [3.63, 3.8) is 0 Å². The molecule has 0 spiro atoms. The minimum atomic E-state index is -3.40. The number of hydrogen-bond acceptors (Lipinski definition) is 4. The first kappa shape index (κ1) is 19.5. The van der Waals surface area contributed by atoms with Gasteiger partial charge in [0.2, 0.25) is 0 Å². The summed E-state index contributed by atoms with van der Waals surface area (Å²) in [7, 11) is -3.40. The highest BCUT2D eigenvalue weighted by atomic mass is 32.2. The monoisotopic (exact) mass is 373 g/mol. The summed E-state index contributed by atoms with van der Waals surface area (Å²) < 4.78 is 36.0. The molecule has 1 aliphatic carbocycles. The van der Waals surface area contributed by atoms with Gasteiger partial charge in [0, 0.05) is 38.3 Å². The molecule has 2 unspecified atom stereocenters. The first-order valence-electron chi connectivity index (χ1n) is 9.99. The van der Waals surface area contributed by atoms with Gasteiger partial charge in [-0.25, -0.2) is 4.72 Å². The number of ether oxygens (including phenoxy) is 1. The van der Waals surface area contributed by atoms with Crippen LogP contribution in [0.2, 0.25) is 0 Å². The van der Waals surface area contributed by atoms with Gasteiger partial charge in [-0.1, -0.05) is 33.1 Å². The van der Waals surface area contributed by atoms with E-state index in [0.29, 0.717) is 31.5 Å². The standard InChI is InChI=1S/C18H35N3O3S/c1-16-12-17(2)14-21(13-16)25(22,23)19-15-18(6-4-3-5-7-18)20-8-10-24-11-9-20/h16-17,19H,3-15H2,1-2H3. The van der Waals surface area contributed by atoms with Gasteiger partial charge >= 0.3 is 0 Å². The Morgan fingerprint density at radius 1 is 1.04 bits per heavy atom. The summed E-state index contributed by atoms with van der Waals surface area (Å²) in [5, 5.41) is 0. The molecule has 1 N–H and O–H groups in total. The van der Waals surface area contributed by atoms with Crippen molar-refractivity contribution in [2.45, 2.75) is 57.9 Å². The van der Waals surface area contributed by atoms with Gasteiger partial charge in [-0.3, -0.25) is 4.90 Å². The normalized spacial score (nSPS) is 32.6. The molecule has 146 valence electrons. The van der Waals surface area contributed by atoms with Crippen molar-refractivity contribution in [1.82, 2.24) is 13.9 Å². The fourth-order valence-corrected chi connectivity index (χ4v) is 6.51. The number of nitrogens with zero attached hydrogens (tertiary/aromatic N) is 2. The average molecular weight is 374 g/mol. The third-order valence-electron chi connectivity index (χ3n) is 6.23. The zero-order chi connectivity index (χ0) is 17.9. The minimum absolute atomic E-state index is 0.0257. The fourth-order valence-electron chi connectivity index (χ4n) is 4.97. The Bertz CT molecular complexity index is 518. The topological polar surface area (TPSA) is 61.9 Å². The maximum atomic E-state index is 12.9. The molecule has 2 heterocycles. The maximum absolute atomic E-state index is 12.9. The molecule has 0 aromatic heterocycles. The average Bonchev–Trinajstić information content (AvgIpc) is 2.61. The van der Waals surface area contributed by atoms with Gasteiger partial charge in [0.05, 0.1) is 13.2 Å². The van der Waals surface area contributed by atoms with E-state index >= 15 is 0 Å². The molecule has 0 radical (unpaired) electrons. The van der Waals surface area contributed by atoms with E-state index in [0.717, 1.165) is 45.6 Å². The predicted octanol–water partition coefficient (Wildman–Crippen LogP) is 1.83. The van der Waals surface area contributed by atoms with Crippen molar-refractivity contribution in [2.24, 2.45) is 11.8 Å². The first-order valence-corrected chi connectivity index (χ1v) is 11.4. The smallest absolute Gasteiger partial charge is 0.279 e. The van der Waals surface area contributed by atoms with E-state index in [1.54, 1.807) is 4.31 Å². The van der Waals surface area contributed by atoms with Crippen LogP contribution < -0.4 is 4.72 Å². The Balaban J connectivity index is 1.67. The minimum Gasteiger partial charge on any atom is -0.379 e. The second kappa shape index (κ2) is 8.21. The van der Waals surface area contributed by atoms with Crippen LogP contribution in [0.15, 0.2) is 0 Å². The Morgan fingerprint density at radius 2 is 1.64 bits per heavy atom. The molecule has 25 heavy (non-hydrogen) atoms. The van der Waals surface area contributed by atoms with Crippen molar-refractivity contribution in [1.29, 1.82) is 0 Å². The van der Waals surface area contributed by atoms with Crippen LogP contribution in [0.25, 0.3) is 0 Å². The molecule has 2 aliphatic heterocycles.